The van der Waals surface area contributed by atoms with E-state index in [1.54, 1.807) is 49.6 Å². The lowest BCUT2D eigenvalue weighted by atomic mass is 10.0. The highest BCUT2D eigenvalue weighted by atomic mass is 19.3. The molecule has 146 valence electrons. The first-order chi connectivity index (χ1) is 13.0. The maximum absolute atomic E-state index is 12.6. The van der Waals surface area contributed by atoms with Crippen LogP contribution in [0.3, 0.4) is 0 Å². The second kappa shape index (κ2) is 10.5. The largest absolute Gasteiger partial charge is 0.491 e. The number of amides is 1. The molecular formula is C20H23F2NO4. The van der Waals surface area contributed by atoms with E-state index in [1.165, 1.54) is 6.07 Å². The summed E-state index contributed by atoms with van der Waals surface area (Å²) in [5.74, 6) is 0.274. The highest BCUT2D eigenvalue weighted by Crippen LogP contribution is 2.28. The van der Waals surface area contributed by atoms with Crippen LogP contribution in [0.25, 0.3) is 0 Å². The average Bonchev–Trinajstić information content (AvgIpc) is 2.66. The fourth-order valence-corrected chi connectivity index (χ4v) is 2.58. The van der Waals surface area contributed by atoms with Gasteiger partial charge >= 0.3 is 6.61 Å². The molecule has 1 atom stereocenters. The van der Waals surface area contributed by atoms with Gasteiger partial charge in [0.05, 0.1) is 12.6 Å². The van der Waals surface area contributed by atoms with Gasteiger partial charge in [-0.2, -0.15) is 8.78 Å². The molecule has 0 heterocycles. The number of alkyl halides is 2. The molecule has 1 amide bonds. The van der Waals surface area contributed by atoms with Gasteiger partial charge in [0.2, 0.25) is 0 Å². The Balaban J connectivity index is 2.13. The van der Waals surface area contributed by atoms with Crippen LogP contribution in [0, 0.1) is 0 Å². The van der Waals surface area contributed by atoms with Crippen molar-refractivity contribution in [2.75, 3.05) is 20.3 Å². The Morgan fingerprint density at radius 2 is 1.89 bits per heavy atom. The zero-order chi connectivity index (χ0) is 19.6. The highest BCUT2D eigenvalue weighted by Gasteiger charge is 2.19. The predicted molar refractivity (Wildman–Crippen MR) is 97.4 cm³/mol. The van der Waals surface area contributed by atoms with Crippen molar-refractivity contribution in [3.05, 3.63) is 59.7 Å². The van der Waals surface area contributed by atoms with Gasteiger partial charge in [0.15, 0.2) is 0 Å². The molecule has 1 unspecified atom stereocenters. The molecule has 2 aromatic carbocycles. The summed E-state index contributed by atoms with van der Waals surface area (Å²) in [7, 11) is 1.58. The number of ether oxygens (including phenoxy) is 3. The SMILES string of the molecule is CCC(NC(=O)c1cccc(OCCOC)c1)c1ccccc1OC(F)F. The van der Waals surface area contributed by atoms with E-state index in [4.69, 9.17) is 9.47 Å². The van der Waals surface area contributed by atoms with Crippen LogP contribution < -0.4 is 14.8 Å². The molecular weight excluding hydrogens is 356 g/mol. The number of methoxy groups -OCH3 is 1. The lowest BCUT2D eigenvalue weighted by Gasteiger charge is -2.20. The minimum absolute atomic E-state index is 0.0521. The van der Waals surface area contributed by atoms with Crippen LogP contribution in [-0.2, 0) is 4.74 Å². The van der Waals surface area contributed by atoms with E-state index in [-0.39, 0.29) is 11.7 Å². The topological polar surface area (TPSA) is 56.8 Å². The van der Waals surface area contributed by atoms with E-state index in [2.05, 4.69) is 10.1 Å². The lowest BCUT2D eigenvalue weighted by Crippen LogP contribution is -2.28. The van der Waals surface area contributed by atoms with Gasteiger partial charge in [0, 0.05) is 18.2 Å². The third kappa shape index (κ3) is 6.21. The van der Waals surface area contributed by atoms with E-state index in [1.807, 2.05) is 6.92 Å². The van der Waals surface area contributed by atoms with Crippen molar-refractivity contribution in [3.8, 4) is 11.5 Å². The lowest BCUT2D eigenvalue weighted by molar-refractivity contribution is -0.0506. The van der Waals surface area contributed by atoms with E-state index < -0.39 is 12.7 Å². The van der Waals surface area contributed by atoms with Gasteiger partial charge in [0.25, 0.3) is 5.91 Å². The van der Waals surface area contributed by atoms with E-state index in [9.17, 15) is 13.6 Å². The van der Waals surface area contributed by atoms with Crippen molar-refractivity contribution in [2.24, 2.45) is 0 Å². The van der Waals surface area contributed by atoms with Crippen LogP contribution in [0.15, 0.2) is 48.5 Å². The Morgan fingerprint density at radius 3 is 2.59 bits per heavy atom. The molecule has 0 aromatic heterocycles. The summed E-state index contributed by atoms with van der Waals surface area (Å²) in [6.07, 6.45) is 0.513. The number of rotatable bonds is 10. The quantitative estimate of drug-likeness (QED) is 0.629. The van der Waals surface area contributed by atoms with Crippen molar-refractivity contribution in [2.45, 2.75) is 26.0 Å². The van der Waals surface area contributed by atoms with Gasteiger partial charge < -0.3 is 19.5 Å². The Hall–Kier alpha value is -2.67. The molecule has 0 aliphatic carbocycles. The average molecular weight is 379 g/mol. The van der Waals surface area contributed by atoms with Crippen molar-refractivity contribution < 1.29 is 27.8 Å². The molecule has 0 aliphatic rings. The van der Waals surface area contributed by atoms with Crippen LogP contribution in [0.1, 0.15) is 35.3 Å². The molecule has 2 rings (SSSR count). The molecule has 0 fully saturated rings. The number of hydrogen-bond donors (Lipinski definition) is 1. The smallest absolute Gasteiger partial charge is 0.387 e. The van der Waals surface area contributed by atoms with Gasteiger partial charge in [-0.3, -0.25) is 4.79 Å². The second-order valence-electron chi connectivity index (χ2n) is 5.72. The number of para-hydroxylation sites is 1. The number of carbonyl (C=O) groups is 1. The number of benzene rings is 2. The summed E-state index contributed by atoms with van der Waals surface area (Å²) in [6, 6.07) is 12.7. The molecule has 0 saturated carbocycles. The van der Waals surface area contributed by atoms with Gasteiger partial charge in [-0.05, 0) is 30.7 Å². The number of halogens is 2. The molecule has 0 bridgehead atoms. The zero-order valence-corrected chi connectivity index (χ0v) is 15.3. The van der Waals surface area contributed by atoms with Crippen LogP contribution in [-0.4, -0.2) is 32.8 Å². The molecule has 0 saturated heterocycles. The van der Waals surface area contributed by atoms with E-state index in [0.717, 1.165) is 0 Å². The van der Waals surface area contributed by atoms with Gasteiger partial charge in [-0.15, -0.1) is 0 Å². The number of hydrogen-bond acceptors (Lipinski definition) is 4. The first-order valence-corrected chi connectivity index (χ1v) is 8.61. The van der Waals surface area contributed by atoms with Crippen molar-refractivity contribution in [1.29, 1.82) is 0 Å². The van der Waals surface area contributed by atoms with E-state index in [0.29, 0.717) is 36.5 Å². The predicted octanol–water partition coefficient (Wildman–Crippen LogP) is 4.19. The zero-order valence-electron chi connectivity index (χ0n) is 15.3. The highest BCUT2D eigenvalue weighted by molar-refractivity contribution is 5.94. The Bertz CT molecular complexity index is 739. The van der Waals surface area contributed by atoms with Crippen molar-refractivity contribution in [1.82, 2.24) is 5.32 Å². The van der Waals surface area contributed by atoms with Crippen LogP contribution in [0.2, 0.25) is 0 Å². The fourth-order valence-electron chi connectivity index (χ4n) is 2.58. The normalized spacial score (nSPS) is 11.9. The molecule has 27 heavy (non-hydrogen) atoms. The fraction of sp³-hybridized carbons (Fsp3) is 0.350. The van der Waals surface area contributed by atoms with Crippen LogP contribution >= 0.6 is 0 Å². The summed E-state index contributed by atoms with van der Waals surface area (Å²) >= 11 is 0. The standard InChI is InChI=1S/C20H23F2NO4/c1-3-17(16-9-4-5-10-18(16)27-20(21)22)23-19(24)14-7-6-8-15(13-14)26-12-11-25-2/h4-10,13,17,20H,3,11-12H2,1-2H3,(H,23,24). The maximum Gasteiger partial charge on any atom is 0.387 e. The number of nitrogens with one attached hydrogen (secondary N) is 1. The minimum Gasteiger partial charge on any atom is -0.491 e. The molecule has 2 aromatic rings. The molecule has 0 aliphatic heterocycles. The summed E-state index contributed by atoms with van der Waals surface area (Å²) in [4.78, 5) is 12.6. The first-order valence-electron chi connectivity index (χ1n) is 8.61. The molecule has 7 heteroatoms. The summed E-state index contributed by atoms with van der Waals surface area (Å²) < 4.78 is 40.3. The van der Waals surface area contributed by atoms with Crippen molar-refractivity contribution in [3.63, 3.8) is 0 Å². The molecule has 1 N–H and O–H groups in total. The van der Waals surface area contributed by atoms with Gasteiger partial charge in [-0.25, -0.2) is 0 Å². The molecule has 5 nitrogen and oxygen atoms in total. The van der Waals surface area contributed by atoms with Crippen LogP contribution in [0.4, 0.5) is 8.78 Å². The van der Waals surface area contributed by atoms with Crippen molar-refractivity contribution >= 4 is 5.91 Å². The maximum atomic E-state index is 12.6. The third-order valence-electron chi connectivity index (χ3n) is 3.88. The number of carbonyl (C=O) groups excluding carboxylic acids is 1. The third-order valence-corrected chi connectivity index (χ3v) is 3.88. The summed E-state index contributed by atoms with van der Waals surface area (Å²) in [6.45, 7) is -0.262. The second-order valence-corrected chi connectivity index (χ2v) is 5.72. The van der Waals surface area contributed by atoms with Gasteiger partial charge in [-0.1, -0.05) is 31.2 Å². The summed E-state index contributed by atoms with van der Waals surface area (Å²) in [5, 5.41) is 2.86. The van der Waals surface area contributed by atoms with Crippen LogP contribution in [0.5, 0.6) is 11.5 Å². The Morgan fingerprint density at radius 1 is 1.11 bits per heavy atom. The van der Waals surface area contributed by atoms with E-state index >= 15 is 0 Å². The monoisotopic (exact) mass is 379 g/mol. The Kier molecular flexibility index (Phi) is 8.00. The molecule has 0 spiro atoms. The van der Waals surface area contributed by atoms with Gasteiger partial charge in [0.1, 0.15) is 18.1 Å². The summed E-state index contributed by atoms with van der Waals surface area (Å²) in [5.41, 5.74) is 0.914. The molecule has 0 radical (unpaired) electrons. The minimum atomic E-state index is -2.93. The first kappa shape index (κ1) is 20.6. The Labute approximate surface area is 157 Å².